The highest BCUT2D eigenvalue weighted by Gasteiger charge is 2.35. The zero-order chi connectivity index (χ0) is 21.8. The second kappa shape index (κ2) is 9.45. The van der Waals surface area contributed by atoms with Gasteiger partial charge in [-0.1, -0.05) is 40.5 Å². The molecule has 2 rings (SSSR count). The summed E-state index contributed by atoms with van der Waals surface area (Å²) in [6.45, 7) is 5.00. The third kappa shape index (κ3) is 6.08. The quantitative estimate of drug-likeness (QED) is 0.479. The Morgan fingerprint density at radius 1 is 1.21 bits per heavy atom. The summed E-state index contributed by atoms with van der Waals surface area (Å²) in [7, 11) is 0. The molecule has 0 aliphatic heterocycles. The molecule has 1 amide bonds. The summed E-state index contributed by atoms with van der Waals surface area (Å²) < 4.78 is 39.6. The van der Waals surface area contributed by atoms with Gasteiger partial charge in [0.1, 0.15) is 17.5 Å². The standard InChI is InChI=1S/C19H18Cl2F3N3O2/c1-10(2)29-27-16(17-15(21)8-12(20)9-25-17)11(3)26-18(28)13-6-4-5-7-14(13)19(22,23)24/h4-11H,1-3H3,(H,26,28). The normalized spacial score (nSPS) is 13.3. The van der Waals surface area contributed by atoms with E-state index in [2.05, 4.69) is 15.5 Å². The van der Waals surface area contributed by atoms with Crippen molar-refractivity contribution in [3.63, 3.8) is 0 Å². The highest BCUT2D eigenvalue weighted by atomic mass is 35.5. The fraction of sp³-hybridized carbons (Fsp3) is 0.316. The molecule has 0 radical (unpaired) electrons. The first-order valence-electron chi connectivity index (χ1n) is 8.53. The molecule has 5 nitrogen and oxygen atoms in total. The van der Waals surface area contributed by atoms with Gasteiger partial charge < -0.3 is 10.2 Å². The van der Waals surface area contributed by atoms with Crippen LogP contribution in [0.2, 0.25) is 10.0 Å². The van der Waals surface area contributed by atoms with Crippen molar-refractivity contribution in [3.8, 4) is 0 Å². The van der Waals surface area contributed by atoms with Crippen LogP contribution in [0, 0.1) is 0 Å². The molecule has 1 atom stereocenters. The van der Waals surface area contributed by atoms with E-state index in [1.165, 1.54) is 31.3 Å². The van der Waals surface area contributed by atoms with Crippen molar-refractivity contribution in [2.45, 2.75) is 39.1 Å². The Morgan fingerprint density at radius 3 is 2.45 bits per heavy atom. The van der Waals surface area contributed by atoms with E-state index in [1.54, 1.807) is 13.8 Å². The Balaban J connectivity index is 2.37. The summed E-state index contributed by atoms with van der Waals surface area (Å²) in [5, 5.41) is 6.93. The predicted molar refractivity (Wildman–Crippen MR) is 105 cm³/mol. The molecule has 0 fully saturated rings. The van der Waals surface area contributed by atoms with E-state index in [-0.39, 0.29) is 22.5 Å². The first kappa shape index (κ1) is 23.0. The second-order valence-electron chi connectivity index (χ2n) is 6.35. The number of pyridine rings is 1. The van der Waals surface area contributed by atoms with Crippen LogP contribution in [0.15, 0.2) is 41.7 Å². The van der Waals surface area contributed by atoms with Crippen molar-refractivity contribution in [2.75, 3.05) is 0 Å². The monoisotopic (exact) mass is 447 g/mol. The number of nitrogens with zero attached hydrogens (tertiary/aromatic N) is 2. The first-order valence-corrected chi connectivity index (χ1v) is 9.28. The van der Waals surface area contributed by atoms with Gasteiger partial charge in [-0.3, -0.25) is 9.78 Å². The smallest absolute Gasteiger partial charge is 0.393 e. The molecule has 1 N–H and O–H groups in total. The van der Waals surface area contributed by atoms with Crippen molar-refractivity contribution in [1.82, 2.24) is 10.3 Å². The van der Waals surface area contributed by atoms with Crippen LogP contribution in [0.1, 0.15) is 42.4 Å². The van der Waals surface area contributed by atoms with Gasteiger partial charge in [0.15, 0.2) is 0 Å². The van der Waals surface area contributed by atoms with E-state index in [4.69, 9.17) is 28.0 Å². The zero-order valence-electron chi connectivity index (χ0n) is 15.7. The lowest BCUT2D eigenvalue weighted by molar-refractivity contribution is -0.137. The van der Waals surface area contributed by atoms with E-state index >= 15 is 0 Å². The number of benzene rings is 1. The van der Waals surface area contributed by atoms with Gasteiger partial charge in [0.05, 0.1) is 27.2 Å². The lowest BCUT2D eigenvalue weighted by Crippen LogP contribution is -2.40. The molecule has 1 aromatic carbocycles. The molecule has 1 unspecified atom stereocenters. The van der Waals surface area contributed by atoms with Crippen molar-refractivity contribution in [1.29, 1.82) is 0 Å². The molecule has 0 aliphatic carbocycles. The van der Waals surface area contributed by atoms with Crippen LogP contribution in [-0.2, 0) is 11.0 Å². The van der Waals surface area contributed by atoms with Crippen LogP contribution in [0.5, 0.6) is 0 Å². The number of rotatable bonds is 6. The summed E-state index contributed by atoms with van der Waals surface area (Å²) in [5.41, 5.74) is -1.22. The average Bonchev–Trinajstić information content (AvgIpc) is 2.62. The minimum Gasteiger partial charge on any atom is -0.393 e. The zero-order valence-corrected chi connectivity index (χ0v) is 17.2. The van der Waals surface area contributed by atoms with Crippen molar-refractivity contribution >= 4 is 34.8 Å². The van der Waals surface area contributed by atoms with E-state index in [1.807, 2.05) is 0 Å². The Morgan fingerprint density at radius 2 is 1.86 bits per heavy atom. The van der Waals surface area contributed by atoms with Crippen LogP contribution < -0.4 is 5.32 Å². The van der Waals surface area contributed by atoms with Crippen LogP contribution in [0.3, 0.4) is 0 Å². The van der Waals surface area contributed by atoms with Gasteiger partial charge in [0.25, 0.3) is 5.91 Å². The van der Waals surface area contributed by atoms with E-state index < -0.39 is 29.3 Å². The minimum absolute atomic E-state index is 0.137. The minimum atomic E-state index is -4.67. The van der Waals surface area contributed by atoms with Crippen molar-refractivity contribution < 1.29 is 22.8 Å². The number of nitrogens with one attached hydrogen (secondary N) is 1. The molecule has 10 heteroatoms. The van der Waals surface area contributed by atoms with Crippen LogP contribution in [0.4, 0.5) is 13.2 Å². The Bertz CT molecular complexity index is 918. The van der Waals surface area contributed by atoms with Gasteiger partial charge in [-0.25, -0.2) is 0 Å². The number of amides is 1. The summed E-state index contributed by atoms with van der Waals surface area (Å²) in [6.07, 6.45) is -3.62. The second-order valence-corrected chi connectivity index (χ2v) is 7.20. The molecule has 1 heterocycles. The van der Waals surface area contributed by atoms with E-state index in [0.717, 1.165) is 12.1 Å². The molecule has 1 aromatic heterocycles. The highest BCUT2D eigenvalue weighted by molar-refractivity contribution is 6.36. The molecular formula is C19H18Cl2F3N3O2. The summed E-state index contributed by atoms with van der Waals surface area (Å²) >= 11 is 12.0. The Labute approximate surface area is 175 Å². The largest absolute Gasteiger partial charge is 0.417 e. The third-order valence-electron chi connectivity index (χ3n) is 3.65. The maximum atomic E-state index is 13.2. The summed E-state index contributed by atoms with van der Waals surface area (Å²) in [5.74, 6) is -0.923. The lowest BCUT2D eigenvalue weighted by Gasteiger charge is -2.19. The number of oxime groups is 1. The third-order valence-corrected chi connectivity index (χ3v) is 4.14. The highest BCUT2D eigenvalue weighted by Crippen LogP contribution is 2.32. The molecule has 156 valence electrons. The van der Waals surface area contributed by atoms with Gasteiger partial charge in [-0.05, 0) is 39.0 Å². The van der Waals surface area contributed by atoms with Crippen molar-refractivity contribution in [3.05, 3.63) is 63.4 Å². The predicted octanol–water partition coefficient (Wildman–Crippen LogP) is 5.35. The molecule has 2 aromatic rings. The van der Waals surface area contributed by atoms with Crippen LogP contribution >= 0.6 is 23.2 Å². The first-order chi connectivity index (χ1) is 13.5. The molecule has 0 aliphatic rings. The number of alkyl halides is 3. The van der Waals surface area contributed by atoms with E-state index in [9.17, 15) is 18.0 Å². The fourth-order valence-electron chi connectivity index (χ4n) is 2.36. The molecule has 0 saturated heterocycles. The number of aromatic nitrogens is 1. The molecule has 29 heavy (non-hydrogen) atoms. The Kier molecular flexibility index (Phi) is 7.48. The fourth-order valence-corrected chi connectivity index (χ4v) is 2.84. The SMILES string of the molecule is CC(C)ON=C(c1ncc(Cl)cc1Cl)C(C)NC(=O)c1ccccc1C(F)(F)F. The van der Waals surface area contributed by atoms with Gasteiger partial charge in [0.2, 0.25) is 0 Å². The van der Waals surface area contributed by atoms with E-state index in [0.29, 0.717) is 5.02 Å². The number of hydrogen-bond acceptors (Lipinski definition) is 4. The summed E-state index contributed by atoms with van der Waals surface area (Å²) in [6, 6.07) is 5.07. The van der Waals surface area contributed by atoms with Gasteiger partial charge in [0, 0.05) is 6.20 Å². The van der Waals surface area contributed by atoms with Crippen molar-refractivity contribution in [2.24, 2.45) is 5.16 Å². The van der Waals surface area contributed by atoms with Gasteiger partial charge >= 0.3 is 6.18 Å². The number of hydrogen-bond donors (Lipinski definition) is 1. The molecular weight excluding hydrogens is 430 g/mol. The number of carbonyl (C=O) groups is 1. The molecule has 0 saturated carbocycles. The van der Waals surface area contributed by atoms with Gasteiger partial charge in [-0.15, -0.1) is 0 Å². The maximum Gasteiger partial charge on any atom is 0.417 e. The van der Waals surface area contributed by atoms with Crippen LogP contribution in [0.25, 0.3) is 0 Å². The molecule has 0 spiro atoms. The molecule has 0 bridgehead atoms. The van der Waals surface area contributed by atoms with Crippen LogP contribution in [-0.4, -0.2) is 28.7 Å². The lowest BCUT2D eigenvalue weighted by atomic mass is 10.0. The Hall–Kier alpha value is -2.32. The van der Waals surface area contributed by atoms with Gasteiger partial charge in [-0.2, -0.15) is 13.2 Å². The number of carbonyl (C=O) groups excluding carboxylic acids is 1. The topological polar surface area (TPSA) is 63.6 Å². The maximum absolute atomic E-state index is 13.2. The number of halogens is 5. The summed E-state index contributed by atoms with van der Waals surface area (Å²) in [4.78, 5) is 21.9. The average molecular weight is 448 g/mol.